The fourth-order valence-corrected chi connectivity index (χ4v) is 7.20. The molecule has 1 aromatic carbocycles. The molecular formula is C21H26BrNO3. The Morgan fingerprint density at radius 1 is 1.19 bits per heavy atom. The number of amides is 1. The summed E-state index contributed by atoms with van der Waals surface area (Å²) in [6, 6.07) is 5.79. The van der Waals surface area contributed by atoms with E-state index < -0.39 is 0 Å². The van der Waals surface area contributed by atoms with Gasteiger partial charge in [0, 0.05) is 10.0 Å². The summed E-state index contributed by atoms with van der Waals surface area (Å²) in [6.45, 7) is 3.77. The summed E-state index contributed by atoms with van der Waals surface area (Å²) in [5.74, 6) is 0.788. The fraction of sp³-hybridized carbons (Fsp3) is 0.619. The van der Waals surface area contributed by atoms with Gasteiger partial charge in [-0.25, -0.2) is 0 Å². The van der Waals surface area contributed by atoms with Crippen LogP contribution in [0, 0.1) is 31.1 Å². The number of rotatable bonds is 4. The normalized spacial score (nSPS) is 34.6. The lowest BCUT2D eigenvalue weighted by atomic mass is 9.49. The molecule has 4 saturated carbocycles. The third-order valence-corrected chi connectivity index (χ3v) is 7.56. The monoisotopic (exact) mass is 419 g/mol. The maximum Gasteiger partial charge on any atom is 0.312 e. The van der Waals surface area contributed by atoms with E-state index in [1.807, 2.05) is 32.0 Å². The predicted octanol–water partition coefficient (Wildman–Crippen LogP) is 4.52. The van der Waals surface area contributed by atoms with Gasteiger partial charge in [-0.15, -0.1) is 0 Å². The summed E-state index contributed by atoms with van der Waals surface area (Å²) in [5, 5.41) is 2.86. The number of carbonyl (C=O) groups excluding carboxylic acids is 2. The average molecular weight is 420 g/mol. The predicted molar refractivity (Wildman–Crippen MR) is 104 cm³/mol. The number of hydrogen-bond acceptors (Lipinski definition) is 3. The minimum atomic E-state index is -0.382. The lowest BCUT2D eigenvalue weighted by Gasteiger charge is -2.58. The van der Waals surface area contributed by atoms with Crippen molar-refractivity contribution in [1.29, 1.82) is 0 Å². The van der Waals surface area contributed by atoms with Gasteiger partial charge in [0.2, 0.25) is 0 Å². The quantitative estimate of drug-likeness (QED) is 0.576. The van der Waals surface area contributed by atoms with Gasteiger partial charge in [0.15, 0.2) is 6.61 Å². The Labute approximate surface area is 163 Å². The van der Waals surface area contributed by atoms with Crippen LogP contribution in [0.1, 0.15) is 49.7 Å². The fourth-order valence-electron chi connectivity index (χ4n) is 5.75. The maximum absolute atomic E-state index is 12.9. The number of nitrogens with one attached hydrogen (secondary N) is 1. The first kappa shape index (κ1) is 18.0. The van der Waals surface area contributed by atoms with Crippen LogP contribution in [0.15, 0.2) is 18.2 Å². The zero-order chi connectivity index (χ0) is 18.5. The van der Waals surface area contributed by atoms with E-state index in [9.17, 15) is 9.59 Å². The number of anilines is 1. The molecule has 0 spiro atoms. The van der Waals surface area contributed by atoms with Crippen molar-refractivity contribution in [3.63, 3.8) is 0 Å². The first-order valence-corrected chi connectivity index (χ1v) is 10.3. The second kappa shape index (κ2) is 6.36. The molecule has 0 aromatic heterocycles. The molecule has 1 amide bonds. The van der Waals surface area contributed by atoms with Crippen LogP contribution in [0.2, 0.25) is 0 Å². The highest BCUT2D eigenvalue weighted by Crippen LogP contribution is 2.64. The summed E-state index contributed by atoms with van der Waals surface area (Å²) in [7, 11) is 0. The molecule has 26 heavy (non-hydrogen) atoms. The molecule has 1 aromatic rings. The van der Waals surface area contributed by atoms with Crippen LogP contribution in [0.5, 0.6) is 0 Å². The Morgan fingerprint density at radius 3 is 2.54 bits per heavy atom. The molecule has 0 saturated heterocycles. The molecule has 5 heteroatoms. The van der Waals surface area contributed by atoms with Crippen LogP contribution in [-0.4, -0.2) is 22.8 Å². The molecule has 4 bridgehead atoms. The number of benzene rings is 1. The van der Waals surface area contributed by atoms with Gasteiger partial charge < -0.3 is 10.1 Å². The molecule has 2 atom stereocenters. The van der Waals surface area contributed by atoms with Crippen LogP contribution < -0.4 is 5.32 Å². The largest absolute Gasteiger partial charge is 0.455 e. The average Bonchev–Trinajstić information content (AvgIpc) is 2.54. The number of aryl methyl sites for hydroxylation is 1. The molecule has 140 valence electrons. The van der Waals surface area contributed by atoms with E-state index in [0.29, 0.717) is 11.8 Å². The van der Waals surface area contributed by atoms with Gasteiger partial charge in [0.1, 0.15) is 0 Å². The first-order valence-electron chi connectivity index (χ1n) is 9.51. The third-order valence-electron chi connectivity index (χ3n) is 6.64. The number of carbonyl (C=O) groups is 2. The van der Waals surface area contributed by atoms with Crippen LogP contribution >= 0.6 is 15.9 Å². The second-order valence-electron chi connectivity index (χ2n) is 8.76. The minimum Gasteiger partial charge on any atom is -0.455 e. The number of esters is 1. The van der Waals surface area contributed by atoms with Crippen molar-refractivity contribution in [2.24, 2.45) is 17.3 Å². The van der Waals surface area contributed by atoms with Crippen molar-refractivity contribution in [2.75, 3.05) is 11.9 Å². The van der Waals surface area contributed by atoms with E-state index in [1.54, 1.807) is 0 Å². The van der Waals surface area contributed by atoms with Crippen molar-refractivity contribution in [1.82, 2.24) is 0 Å². The van der Waals surface area contributed by atoms with Crippen LogP contribution in [0.25, 0.3) is 0 Å². The lowest BCUT2D eigenvalue weighted by Crippen LogP contribution is -2.56. The third kappa shape index (κ3) is 3.19. The van der Waals surface area contributed by atoms with Gasteiger partial charge in [0.05, 0.1) is 5.41 Å². The van der Waals surface area contributed by atoms with E-state index in [4.69, 9.17) is 4.74 Å². The molecule has 4 aliphatic carbocycles. The number of alkyl halides is 1. The molecule has 0 unspecified atom stereocenters. The Balaban J connectivity index is 1.38. The van der Waals surface area contributed by atoms with Gasteiger partial charge in [-0.2, -0.15) is 0 Å². The summed E-state index contributed by atoms with van der Waals surface area (Å²) < 4.78 is 5.61. The van der Waals surface area contributed by atoms with Crippen LogP contribution in [-0.2, 0) is 14.3 Å². The zero-order valence-electron chi connectivity index (χ0n) is 15.4. The van der Waals surface area contributed by atoms with Gasteiger partial charge in [-0.1, -0.05) is 28.1 Å². The SMILES string of the molecule is Cc1cccc(NC(=O)COC(=O)C23C[C@H]4C[C@@H](CC(Br)(C4)C2)C3)c1C. The highest BCUT2D eigenvalue weighted by Gasteiger charge is 2.60. The topological polar surface area (TPSA) is 55.4 Å². The Morgan fingerprint density at radius 2 is 1.88 bits per heavy atom. The van der Waals surface area contributed by atoms with E-state index in [-0.39, 0.29) is 28.2 Å². The number of ether oxygens (including phenoxy) is 1. The van der Waals surface area contributed by atoms with Crippen molar-refractivity contribution >= 4 is 33.5 Å². The summed E-state index contributed by atoms with van der Waals surface area (Å²) >= 11 is 3.91. The molecular weight excluding hydrogens is 394 g/mol. The molecule has 0 heterocycles. The smallest absolute Gasteiger partial charge is 0.312 e. The van der Waals surface area contributed by atoms with E-state index >= 15 is 0 Å². The minimum absolute atomic E-state index is 0.108. The Kier molecular flexibility index (Phi) is 4.41. The van der Waals surface area contributed by atoms with E-state index in [1.165, 1.54) is 19.3 Å². The maximum atomic E-state index is 12.9. The first-order chi connectivity index (χ1) is 12.3. The van der Waals surface area contributed by atoms with Crippen LogP contribution in [0.4, 0.5) is 5.69 Å². The highest BCUT2D eigenvalue weighted by atomic mass is 79.9. The van der Waals surface area contributed by atoms with E-state index in [0.717, 1.165) is 36.1 Å². The molecule has 0 aliphatic heterocycles. The van der Waals surface area contributed by atoms with Crippen molar-refractivity contribution in [3.8, 4) is 0 Å². The molecule has 5 rings (SSSR count). The molecule has 4 aliphatic rings. The zero-order valence-corrected chi connectivity index (χ0v) is 17.0. The van der Waals surface area contributed by atoms with E-state index in [2.05, 4.69) is 21.2 Å². The van der Waals surface area contributed by atoms with Crippen molar-refractivity contribution < 1.29 is 14.3 Å². The number of halogens is 1. The van der Waals surface area contributed by atoms with Gasteiger partial charge in [0.25, 0.3) is 5.91 Å². The summed E-state index contributed by atoms with van der Waals surface area (Å²) in [5.41, 5.74) is 2.55. The molecule has 1 N–H and O–H groups in total. The lowest BCUT2D eigenvalue weighted by molar-refractivity contribution is -0.170. The molecule has 0 radical (unpaired) electrons. The molecule has 4 nitrogen and oxygen atoms in total. The van der Waals surface area contributed by atoms with Gasteiger partial charge >= 0.3 is 5.97 Å². The van der Waals surface area contributed by atoms with Crippen molar-refractivity contribution in [2.45, 2.75) is 56.7 Å². The van der Waals surface area contributed by atoms with Gasteiger partial charge in [-0.3, -0.25) is 9.59 Å². The Hall–Kier alpha value is -1.36. The summed E-state index contributed by atoms with van der Waals surface area (Å²) in [6.07, 6.45) is 6.29. The second-order valence-corrected chi connectivity index (χ2v) is 10.4. The number of hydrogen-bond donors (Lipinski definition) is 1. The van der Waals surface area contributed by atoms with Crippen molar-refractivity contribution in [3.05, 3.63) is 29.3 Å². The molecule has 4 fully saturated rings. The van der Waals surface area contributed by atoms with Gasteiger partial charge in [-0.05, 0) is 81.4 Å². The Bertz CT molecular complexity index is 746. The standard InChI is InChI=1S/C21H26BrNO3/c1-13-4-3-5-17(14(13)2)23-18(24)11-26-19(25)20-7-15-6-16(8-20)10-21(22,9-15)12-20/h3-5,15-16H,6-12H2,1-2H3,(H,23,24)/t15-,16-,20?,21?/m1/s1. The summed E-state index contributed by atoms with van der Waals surface area (Å²) in [4.78, 5) is 25.2. The highest BCUT2D eigenvalue weighted by molar-refractivity contribution is 9.10. The van der Waals surface area contributed by atoms with Crippen LogP contribution in [0.3, 0.4) is 0 Å².